The van der Waals surface area contributed by atoms with Crippen molar-refractivity contribution < 1.29 is 66.7 Å². The van der Waals surface area contributed by atoms with Crippen molar-refractivity contribution in [3.8, 4) is 0 Å². The van der Waals surface area contributed by atoms with Crippen molar-refractivity contribution in [2.45, 2.75) is 30.6 Å². The smallest absolute Gasteiger partial charge is 0.327 e. The van der Waals surface area contributed by atoms with E-state index in [4.69, 9.17) is 11.6 Å². The van der Waals surface area contributed by atoms with Gasteiger partial charge in [0.2, 0.25) is 0 Å². The standard InChI is InChI=1S/C23H15ClF13N3O2/c1-40(19(42)38-9-20(26,27)28)39-18(41)14-3-2-10(6-16(14)23(35,36)37)17(25)8-15(22(32,33)34)11-4-12(21(29,30)31)7-13(24)5-11/h2-8,15H,9H2,1H3,(H,38,42)(H,39,41). The molecule has 0 saturated heterocycles. The number of nitrogens with one attached hydrogen (secondary N) is 2. The predicted molar refractivity (Wildman–Crippen MR) is 120 cm³/mol. The first-order chi connectivity index (χ1) is 18.9. The molecule has 5 nitrogen and oxygen atoms in total. The molecule has 2 N–H and O–H groups in total. The van der Waals surface area contributed by atoms with Crippen molar-refractivity contribution in [1.29, 1.82) is 0 Å². The van der Waals surface area contributed by atoms with Crippen LogP contribution >= 0.6 is 11.6 Å². The van der Waals surface area contributed by atoms with E-state index in [-0.39, 0.29) is 23.2 Å². The number of nitrogens with zero attached hydrogens (tertiary/aromatic N) is 1. The molecule has 2 aromatic carbocycles. The molecule has 0 aliphatic carbocycles. The molecule has 1 unspecified atom stereocenters. The van der Waals surface area contributed by atoms with E-state index in [2.05, 4.69) is 0 Å². The van der Waals surface area contributed by atoms with Crippen LogP contribution in [-0.2, 0) is 12.4 Å². The fourth-order valence-electron chi connectivity index (χ4n) is 3.26. The number of rotatable bonds is 5. The minimum atomic E-state index is -5.46. The summed E-state index contributed by atoms with van der Waals surface area (Å²) in [7, 11) is 0.672. The maximum Gasteiger partial charge on any atom is 0.417 e. The highest BCUT2D eigenvalue weighted by atomic mass is 35.5. The van der Waals surface area contributed by atoms with Gasteiger partial charge in [0.25, 0.3) is 5.91 Å². The summed E-state index contributed by atoms with van der Waals surface area (Å²) >= 11 is 5.49. The Morgan fingerprint density at radius 1 is 0.905 bits per heavy atom. The molecule has 0 aromatic heterocycles. The highest BCUT2D eigenvalue weighted by Crippen LogP contribution is 2.42. The average molecular weight is 648 g/mol. The van der Waals surface area contributed by atoms with Crippen LogP contribution < -0.4 is 10.7 Å². The number of benzene rings is 2. The van der Waals surface area contributed by atoms with Crippen LogP contribution in [0, 0.1) is 0 Å². The Kier molecular flexibility index (Phi) is 10.1. The molecular formula is C23H15ClF13N3O2. The highest BCUT2D eigenvalue weighted by Gasteiger charge is 2.42. The lowest BCUT2D eigenvalue weighted by Gasteiger charge is -2.21. The maximum atomic E-state index is 14.9. The van der Waals surface area contributed by atoms with Crippen molar-refractivity contribution in [3.05, 3.63) is 75.3 Å². The van der Waals surface area contributed by atoms with Gasteiger partial charge in [-0.25, -0.2) is 14.2 Å². The van der Waals surface area contributed by atoms with Crippen LogP contribution in [0.25, 0.3) is 5.83 Å². The van der Waals surface area contributed by atoms with Crippen LogP contribution in [0.1, 0.15) is 38.5 Å². The van der Waals surface area contributed by atoms with Crippen LogP contribution in [-0.4, -0.2) is 42.9 Å². The van der Waals surface area contributed by atoms with Gasteiger partial charge in [-0.05, 0) is 42.0 Å². The summed E-state index contributed by atoms with van der Waals surface area (Å²) in [5, 5.41) is 0.582. The summed E-state index contributed by atoms with van der Waals surface area (Å²) in [5.74, 6) is -6.82. The molecule has 1 atom stereocenters. The molecule has 0 aliphatic heterocycles. The molecule has 0 heterocycles. The molecule has 2 rings (SSSR count). The normalized spacial score (nSPS) is 13.9. The Hall–Kier alpha value is -3.70. The number of hydrogen-bond donors (Lipinski definition) is 2. The zero-order chi connectivity index (χ0) is 32.4. The zero-order valence-electron chi connectivity index (χ0n) is 20.4. The summed E-state index contributed by atoms with van der Waals surface area (Å²) in [6, 6.07) is -0.170. The lowest BCUT2D eigenvalue weighted by Crippen LogP contribution is -2.50. The monoisotopic (exact) mass is 647 g/mol. The molecule has 0 spiro atoms. The number of hydrogen-bond acceptors (Lipinski definition) is 2. The average Bonchev–Trinajstić information content (AvgIpc) is 2.82. The van der Waals surface area contributed by atoms with Crippen LogP contribution in [0.15, 0.2) is 42.5 Å². The molecule has 2 aromatic rings. The first kappa shape index (κ1) is 34.5. The van der Waals surface area contributed by atoms with Gasteiger partial charge in [-0.15, -0.1) is 0 Å². The third-order valence-corrected chi connectivity index (χ3v) is 5.35. The van der Waals surface area contributed by atoms with Gasteiger partial charge in [-0.1, -0.05) is 17.7 Å². The lowest BCUT2D eigenvalue weighted by molar-refractivity contribution is -0.142. The number of alkyl halides is 12. The van der Waals surface area contributed by atoms with Crippen molar-refractivity contribution in [2.24, 2.45) is 0 Å². The number of carbonyl (C=O) groups is 2. The van der Waals surface area contributed by atoms with Crippen LogP contribution in [0.3, 0.4) is 0 Å². The quantitative estimate of drug-likeness (QED) is 0.256. The van der Waals surface area contributed by atoms with Crippen molar-refractivity contribution in [2.75, 3.05) is 13.6 Å². The maximum absolute atomic E-state index is 14.9. The Bertz CT molecular complexity index is 1350. The number of allylic oxidation sites excluding steroid dienone is 1. The van der Waals surface area contributed by atoms with E-state index in [0.717, 1.165) is 0 Å². The van der Waals surface area contributed by atoms with Gasteiger partial charge in [0.1, 0.15) is 18.3 Å². The second kappa shape index (κ2) is 12.3. The Morgan fingerprint density at radius 2 is 1.50 bits per heavy atom. The van der Waals surface area contributed by atoms with Gasteiger partial charge in [0.05, 0.1) is 16.7 Å². The van der Waals surface area contributed by atoms with Crippen molar-refractivity contribution >= 4 is 29.4 Å². The fraction of sp³-hybridized carbons (Fsp3) is 0.304. The fourth-order valence-corrected chi connectivity index (χ4v) is 3.50. The van der Waals surface area contributed by atoms with E-state index >= 15 is 0 Å². The molecule has 0 radical (unpaired) electrons. The number of carbonyl (C=O) groups excluding carboxylic acids is 2. The molecule has 19 heteroatoms. The molecule has 0 aliphatic rings. The first-order valence-corrected chi connectivity index (χ1v) is 11.2. The van der Waals surface area contributed by atoms with E-state index in [9.17, 15) is 66.7 Å². The Labute approximate surface area is 231 Å². The van der Waals surface area contributed by atoms with Gasteiger partial charge in [-0.3, -0.25) is 10.2 Å². The third kappa shape index (κ3) is 9.42. The van der Waals surface area contributed by atoms with Crippen LogP contribution in [0.2, 0.25) is 5.02 Å². The SMILES string of the molecule is CN(NC(=O)c1ccc(C(F)=CC(c2cc(Cl)cc(C(F)(F)F)c2)C(F)(F)F)cc1C(F)(F)F)C(=O)NCC(F)(F)F. The molecule has 0 fully saturated rings. The molecule has 42 heavy (non-hydrogen) atoms. The number of halogens is 14. The van der Waals surface area contributed by atoms with Crippen LogP contribution in [0.4, 0.5) is 61.9 Å². The second-order valence-electron chi connectivity index (χ2n) is 8.34. The third-order valence-electron chi connectivity index (χ3n) is 5.13. The van der Waals surface area contributed by atoms with E-state index in [1.807, 2.05) is 0 Å². The first-order valence-electron chi connectivity index (χ1n) is 10.8. The Balaban J connectivity index is 2.49. The van der Waals surface area contributed by atoms with Crippen LogP contribution in [0.5, 0.6) is 0 Å². The minimum Gasteiger partial charge on any atom is -0.327 e. The summed E-state index contributed by atoms with van der Waals surface area (Å²) < 4.78 is 173. The van der Waals surface area contributed by atoms with Gasteiger partial charge in [0, 0.05) is 17.6 Å². The largest absolute Gasteiger partial charge is 0.417 e. The minimum absolute atomic E-state index is 0.0315. The summed E-state index contributed by atoms with van der Waals surface area (Å²) in [6.45, 7) is -1.86. The number of hydrazine groups is 1. The van der Waals surface area contributed by atoms with Gasteiger partial charge in [-0.2, -0.15) is 52.7 Å². The molecular weight excluding hydrogens is 633 g/mol. The van der Waals surface area contributed by atoms with Crippen molar-refractivity contribution in [1.82, 2.24) is 15.8 Å². The topological polar surface area (TPSA) is 61.4 Å². The number of amides is 3. The van der Waals surface area contributed by atoms with E-state index in [1.165, 1.54) is 5.32 Å². The Morgan fingerprint density at radius 3 is 2.00 bits per heavy atom. The van der Waals surface area contributed by atoms with Crippen molar-refractivity contribution in [3.63, 3.8) is 0 Å². The van der Waals surface area contributed by atoms with E-state index in [0.29, 0.717) is 31.3 Å². The zero-order valence-corrected chi connectivity index (χ0v) is 21.1. The summed E-state index contributed by atoms with van der Waals surface area (Å²) in [5.41, 5.74) is -5.68. The number of urea groups is 1. The second-order valence-corrected chi connectivity index (χ2v) is 8.77. The molecule has 3 amide bonds. The summed E-state index contributed by atoms with van der Waals surface area (Å²) in [4.78, 5) is 24.0. The summed E-state index contributed by atoms with van der Waals surface area (Å²) in [6.07, 6.45) is -21.2. The van der Waals surface area contributed by atoms with Gasteiger partial charge < -0.3 is 5.32 Å². The predicted octanol–water partition coefficient (Wildman–Crippen LogP) is 7.88. The van der Waals surface area contributed by atoms with E-state index < -0.39 is 87.8 Å². The van der Waals surface area contributed by atoms with E-state index in [1.54, 1.807) is 5.43 Å². The highest BCUT2D eigenvalue weighted by molar-refractivity contribution is 6.30. The lowest BCUT2D eigenvalue weighted by atomic mass is 9.94. The molecule has 0 saturated carbocycles. The molecule has 232 valence electrons. The van der Waals surface area contributed by atoms with Gasteiger partial charge in [0.15, 0.2) is 0 Å². The van der Waals surface area contributed by atoms with Gasteiger partial charge >= 0.3 is 30.7 Å². The molecule has 0 bridgehead atoms.